The minimum Gasteiger partial charge on any atom is -0.489 e. The second-order valence-corrected chi connectivity index (χ2v) is 8.81. The number of ether oxygens (including phenoxy) is 2. The van der Waals surface area contributed by atoms with E-state index in [4.69, 9.17) is 15.2 Å². The maximum atomic E-state index is 13.9. The summed E-state index contributed by atoms with van der Waals surface area (Å²) in [5.74, 6) is 9.45. The lowest BCUT2D eigenvalue weighted by Gasteiger charge is -2.35. The van der Waals surface area contributed by atoms with Crippen LogP contribution < -0.4 is 20.5 Å². The molecule has 3 N–H and O–H groups in total. The SMILES string of the molecule is CC(C)(F)COc1cnc2c(c1)[C@]1(C=C(N)NC1)c1cc(C#CC3CC3)ccc1O2. The number of hydrogen-bond donors (Lipinski definition) is 2. The van der Waals surface area contributed by atoms with Gasteiger partial charge in [0.05, 0.1) is 17.4 Å². The van der Waals surface area contributed by atoms with Crippen molar-refractivity contribution in [2.45, 2.75) is 37.8 Å². The topological polar surface area (TPSA) is 69.4 Å². The first kappa shape index (κ1) is 18.8. The van der Waals surface area contributed by atoms with Crippen molar-refractivity contribution in [3.8, 4) is 29.2 Å². The molecule has 1 spiro atoms. The number of alkyl halides is 1. The van der Waals surface area contributed by atoms with E-state index >= 15 is 0 Å². The van der Waals surface area contributed by atoms with Gasteiger partial charge in [-0.25, -0.2) is 9.37 Å². The minimum absolute atomic E-state index is 0.0605. The standard InChI is InChI=1S/C24H24FN3O2/c1-23(2,25)14-29-17-10-19-22(27-12-17)30-20-8-7-16(6-5-15-3-4-15)9-18(20)24(19)11-21(26)28-13-24/h7-12,15,28H,3-4,13-14,26H2,1-2H3/t24-/m0/s1. The Kier molecular flexibility index (Phi) is 4.18. The van der Waals surface area contributed by atoms with Gasteiger partial charge in [0.15, 0.2) is 0 Å². The summed E-state index contributed by atoms with van der Waals surface area (Å²) < 4.78 is 25.7. The number of pyridine rings is 1. The van der Waals surface area contributed by atoms with Crippen LogP contribution in [0.3, 0.4) is 0 Å². The van der Waals surface area contributed by atoms with E-state index in [2.05, 4.69) is 28.2 Å². The van der Waals surface area contributed by atoms with E-state index in [0.29, 0.717) is 29.9 Å². The Bertz CT molecular complexity index is 1110. The van der Waals surface area contributed by atoms with Gasteiger partial charge in [0, 0.05) is 29.2 Å². The summed E-state index contributed by atoms with van der Waals surface area (Å²) in [6.07, 6.45) is 5.93. The van der Waals surface area contributed by atoms with Crippen molar-refractivity contribution in [3.63, 3.8) is 0 Å². The fraction of sp³-hybridized carbons (Fsp3) is 0.375. The molecule has 1 aromatic heterocycles. The van der Waals surface area contributed by atoms with Crippen molar-refractivity contribution in [3.05, 3.63) is 59.0 Å². The van der Waals surface area contributed by atoms with Crippen LogP contribution in [0.4, 0.5) is 4.39 Å². The lowest BCUT2D eigenvalue weighted by Crippen LogP contribution is -2.34. The molecule has 2 aliphatic heterocycles. The predicted molar refractivity (Wildman–Crippen MR) is 112 cm³/mol. The molecule has 1 fully saturated rings. The van der Waals surface area contributed by atoms with Gasteiger partial charge in [0.1, 0.15) is 23.8 Å². The van der Waals surface area contributed by atoms with E-state index in [9.17, 15) is 4.39 Å². The molecule has 3 heterocycles. The van der Waals surface area contributed by atoms with Gasteiger partial charge in [-0.2, -0.15) is 0 Å². The summed E-state index contributed by atoms with van der Waals surface area (Å²) in [5.41, 5.74) is 6.91. The van der Waals surface area contributed by atoms with Gasteiger partial charge in [0.2, 0.25) is 5.88 Å². The summed E-state index contributed by atoms with van der Waals surface area (Å²) in [7, 11) is 0. The van der Waals surface area contributed by atoms with Gasteiger partial charge >= 0.3 is 0 Å². The monoisotopic (exact) mass is 405 g/mol. The molecule has 2 aromatic rings. The number of hydrogen-bond acceptors (Lipinski definition) is 5. The van der Waals surface area contributed by atoms with Gasteiger partial charge in [0.25, 0.3) is 0 Å². The first-order valence-electron chi connectivity index (χ1n) is 10.2. The molecule has 1 aliphatic carbocycles. The number of rotatable bonds is 3. The van der Waals surface area contributed by atoms with Crippen molar-refractivity contribution >= 4 is 0 Å². The molecule has 1 saturated carbocycles. The Morgan fingerprint density at radius 1 is 1.33 bits per heavy atom. The van der Waals surface area contributed by atoms with Crippen LogP contribution in [0.2, 0.25) is 0 Å². The van der Waals surface area contributed by atoms with Crippen LogP contribution in [0.25, 0.3) is 0 Å². The van der Waals surface area contributed by atoms with Crippen LogP contribution >= 0.6 is 0 Å². The molecule has 5 nitrogen and oxygen atoms in total. The number of benzene rings is 1. The van der Waals surface area contributed by atoms with Crippen LogP contribution in [0.1, 0.15) is 43.4 Å². The summed E-state index contributed by atoms with van der Waals surface area (Å²) in [4.78, 5) is 4.46. The molecule has 0 saturated heterocycles. The van der Waals surface area contributed by atoms with Crippen molar-refractivity contribution in [2.75, 3.05) is 13.2 Å². The maximum Gasteiger partial charge on any atom is 0.223 e. The summed E-state index contributed by atoms with van der Waals surface area (Å²) in [5, 5.41) is 3.24. The number of nitrogens with two attached hydrogens (primary N) is 1. The molecule has 1 aromatic carbocycles. The number of nitrogens with zero attached hydrogens (tertiary/aromatic N) is 1. The second-order valence-electron chi connectivity index (χ2n) is 8.81. The molecule has 154 valence electrons. The van der Waals surface area contributed by atoms with Gasteiger partial charge in [-0.15, -0.1) is 0 Å². The van der Waals surface area contributed by atoms with Crippen molar-refractivity contribution in [1.82, 2.24) is 10.3 Å². The molecule has 0 radical (unpaired) electrons. The Morgan fingerprint density at radius 3 is 2.87 bits per heavy atom. The predicted octanol–water partition coefficient (Wildman–Crippen LogP) is 3.77. The van der Waals surface area contributed by atoms with Crippen molar-refractivity contribution in [2.24, 2.45) is 11.7 Å². The van der Waals surface area contributed by atoms with Crippen LogP contribution in [-0.4, -0.2) is 23.8 Å². The van der Waals surface area contributed by atoms with Crippen molar-refractivity contribution in [1.29, 1.82) is 0 Å². The first-order valence-corrected chi connectivity index (χ1v) is 10.2. The molecule has 30 heavy (non-hydrogen) atoms. The largest absolute Gasteiger partial charge is 0.489 e. The highest BCUT2D eigenvalue weighted by Crippen LogP contribution is 2.50. The molecular formula is C24H24FN3O2. The Morgan fingerprint density at radius 2 is 2.17 bits per heavy atom. The van der Waals surface area contributed by atoms with Gasteiger partial charge in [-0.1, -0.05) is 11.8 Å². The molecule has 1 atom stereocenters. The number of halogens is 1. The van der Waals surface area contributed by atoms with E-state index < -0.39 is 11.1 Å². The van der Waals surface area contributed by atoms with E-state index in [0.717, 1.165) is 22.4 Å². The maximum absolute atomic E-state index is 13.9. The number of fused-ring (bicyclic) bond motifs is 4. The van der Waals surface area contributed by atoms with Gasteiger partial charge in [-0.05, 0) is 57.0 Å². The van der Waals surface area contributed by atoms with Crippen molar-refractivity contribution < 1.29 is 13.9 Å². The average molecular weight is 405 g/mol. The second kappa shape index (κ2) is 6.66. The third kappa shape index (κ3) is 3.45. The molecule has 0 unspecified atom stereocenters. The molecule has 0 amide bonds. The molecule has 0 bridgehead atoms. The third-order valence-corrected chi connectivity index (χ3v) is 5.53. The number of nitrogens with one attached hydrogen (secondary N) is 1. The molecule has 5 rings (SSSR count). The van der Waals surface area contributed by atoms with E-state index in [1.54, 1.807) is 6.20 Å². The zero-order chi connectivity index (χ0) is 20.9. The molecule has 6 heteroatoms. The molecule has 3 aliphatic rings. The van der Waals surface area contributed by atoms with E-state index in [-0.39, 0.29) is 6.61 Å². The van der Waals surface area contributed by atoms with E-state index in [1.807, 2.05) is 24.3 Å². The summed E-state index contributed by atoms with van der Waals surface area (Å²) >= 11 is 0. The third-order valence-electron chi connectivity index (χ3n) is 5.53. The smallest absolute Gasteiger partial charge is 0.223 e. The lowest BCUT2D eigenvalue weighted by molar-refractivity contribution is 0.120. The minimum atomic E-state index is -1.44. The fourth-order valence-corrected chi connectivity index (χ4v) is 3.83. The van der Waals surface area contributed by atoms with Crippen LogP contribution in [-0.2, 0) is 5.41 Å². The van der Waals surface area contributed by atoms with E-state index in [1.165, 1.54) is 26.7 Å². The first-order chi connectivity index (χ1) is 14.3. The Hall–Kier alpha value is -3.20. The average Bonchev–Trinajstić information content (AvgIpc) is 3.46. The van der Waals surface area contributed by atoms with Gasteiger partial charge in [-0.3, -0.25) is 0 Å². The lowest BCUT2D eigenvalue weighted by atomic mass is 9.73. The van der Waals surface area contributed by atoms with Crippen LogP contribution in [0, 0.1) is 17.8 Å². The highest BCUT2D eigenvalue weighted by atomic mass is 19.1. The van der Waals surface area contributed by atoms with Crippen LogP contribution in [0.15, 0.2) is 42.4 Å². The highest BCUT2D eigenvalue weighted by Gasteiger charge is 2.45. The zero-order valence-electron chi connectivity index (χ0n) is 17.1. The Balaban J connectivity index is 1.58. The normalized spacial score (nSPS) is 21.5. The summed E-state index contributed by atoms with van der Waals surface area (Å²) in [6, 6.07) is 7.86. The highest BCUT2D eigenvalue weighted by molar-refractivity contribution is 5.63. The Labute approximate surface area is 175 Å². The summed E-state index contributed by atoms with van der Waals surface area (Å²) in [6.45, 7) is 3.47. The number of aromatic nitrogens is 1. The van der Waals surface area contributed by atoms with Gasteiger partial charge < -0.3 is 20.5 Å². The van der Waals surface area contributed by atoms with Crippen LogP contribution in [0.5, 0.6) is 17.4 Å². The molecular weight excluding hydrogens is 381 g/mol. The quantitative estimate of drug-likeness (QED) is 0.761. The zero-order valence-corrected chi connectivity index (χ0v) is 17.1. The fourth-order valence-electron chi connectivity index (χ4n) is 3.83.